The lowest BCUT2D eigenvalue weighted by molar-refractivity contribution is 1.08. The van der Waals surface area contributed by atoms with Crippen molar-refractivity contribution in [3.8, 4) is 11.4 Å². The molecule has 2 N–H and O–H groups in total. The lowest BCUT2D eigenvalue weighted by Gasteiger charge is -1.93. The molecule has 0 fully saturated rings. The smallest absolute Gasteiger partial charge is 0.121 e. The second kappa shape index (κ2) is 3.43. The number of benzene rings is 2. The minimum atomic E-state index is 0.836. The van der Waals surface area contributed by atoms with Crippen LogP contribution >= 0.6 is 0 Å². The van der Waals surface area contributed by atoms with E-state index in [9.17, 15) is 0 Å². The molecule has 0 aliphatic carbocycles. The fourth-order valence-electron chi connectivity index (χ4n) is 2.21. The Morgan fingerprint density at radius 2 is 1.61 bits per heavy atom. The molecule has 0 aliphatic heterocycles. The summed E-state index contributed by atoms with van der Waals surface area (Å²) in [6.07, 6.45) is 0. The lowest BCUT2D eigenvalue weighted by Crippen LogP contribution is -1.80. The SMILES string of the molecule is [c]1cccc2[nH]nc(-c3n[nH]c4ccccc34)c12. The van der Waals surface area contributed by atoms with Crippen LogP contribution in [0.2, 0.25) is 0 Å². The minimum absolute atomic E-state index is 0.836. The lowest BCUT2D eigenvalue weighted by atomic mass is 10.1. The molecular formula is C14H9N4. The van der Waals surface area contributed by atoms with E-state index in [1.54, 1.807) is 0 Å². The first-order valence-electron chi connectivity index (χ1n) is 5.72. The van der Waals surface area contributed by atoms with Gasteiger partial charge in [0.15, 0.2) is 0 Å². The van der Waals surface area contributed by atoms with E-state index in [4.69, 9.17) is 0 Å². The second-order valence-corrected chi connectivity index (χ2v) is 4.15. The fraction of sp³-hybridized carbons (Fsp3) is 0. The number of nitrogens with one attached hydrogen (secondary N) is 2. The van der Waals surface area contributed by atoms with Gasteiger partial charge in [0.05, 0.1) is 11.0 Å². The van der Waals surface area contributed by atoms with Gasteiger partial charge in [-0.15, -0.1) is 0 Å². The zero-order valence-electron chi connectivity index (χ0n) is 9.44. The van der Waals surface area contributed by atoms with E-state index >= 15 is 0 Å². The van der Waals surface area contributed by atoms with Crippen LogP contribution in [0.5, 0.6) is 0 Å². The quantitative estimate of drug-likeness (QED) is 0.531. The predicted molar refractivity (Wildman–Crippen MR) is 70.0 cm³/mol. The maximum atomic E-state index is 4.36. The average molecular weight is 233 g/mol. The van der Waals surface area contributed by atoms with Crippen LogP contribution in [-0.4, -0.2) is 20.4 Å². The van der Waals surface area contributed by atoms with Gasteiger partial charge in [-0.3, -0.25) is 10.2 Å². The molecule has 85 valence electrons. The Balaban J connectivity index is 2.08. The monoisotopic (exact) mass is 233 g/mol. The zero-order chi connectivity index (χ0) is 11.9. The van der Waals surface area contributed by atoms with Gasteiger partial charge in [0.1, 0.15) is 11.4 Å². The van der Waals surface area contributed by atoms with E-state index in [-0.39, 0.29) is 0 Å². The number of para-hydroxylation sites is 1. The highest BCUT2D eigenvalue weighted by atomic mass is 15.2. The molecule has 4 heteroatoms. The molecule has 1 radical (unpaired) electrons. The first-order chi connectivity index (χ1) is 8.93. The molecule has 2 aromatic heterocycles. The Hall–Kier alpha value is -2.62. The van der Waals surface area contributed by atoms with Crippen LogP contribution < -0.4 is 0 Å². The van der Waals surface area contributed by atoms with Crippen LogP contribution in [-0.2, 0) is 0 Å². The Bertz CT molecular complexity index is 769. The van der Waals surface area contributed by atoms with Crippen molar-refractivity contribution in [2.45, 2.75) is 0 Å². The number of aromatic amines is 2. The molecular weight excluding hydrogens is 224 g/mol. The molecule has 0 amide bonds. The summed E-state index contributed by atoms with van der Waals surface area (Å²) < 4.78 is 0. The van der Waals surface area contributed by atoms with Crippen molar-refractivity contribution < 1.29 is 0 Å². The van der Waals surface area contributed by atoms with E-state index < -0.39 is 0 Å². The molecule has 2 aromatic carbocycles. The van der Waals surface area contributed by atoms with Gasteiger partial charge in [-0.1, -0.05) is 30.3 Å². The summed E-state index contributed by atoms with van der Waals surface area (Å²) in [7, 11) is 0. The van der Waals surface area contributed by atoms with Gasteiger partial charge < -0.3 is 0 Å². The molecule has 4 aromatic rings. The zero-order valence-corrected chi connectivity index (χ0v) is 9.44. The van der Waals surface area contributed by atoms with Crippen molar-refractivity contribution in [2.75, 3.05) is 0 Å². The topological polar surface area (TPSA) is 57.4 Å². The van der Waals surface area contributed by atoms with Crippen LogP contribution in [0.3, 0.4) is 0 Å². The van der Waals surface area contributed by atoms with Gasteiger partial charge in [0.2, 0.25) is 0 Å². The molecule has 4 nitrogen and oxygen atoms in total. The van der Waals surface area contributed by atoms with E-state index in [0.29, 0.717) is 0 Å². The van der Waals surface area contributed by atoms with Crippen LogP contribution in [0.1, 0.15) is 0 Å². The summed E-state index contributed by atoms with van der Waals surface area (Å²) in [4.78, 5) is 0. The number of rotatable bonds is 1. The number of H-pyrrole nitrogens is 2. The number of hydrogen-bond acceptors (Lipinski definition) is 2. The van der Waals surface area contributed by atoms with Crippen molar-refractivity contribution in [3.05, 3.63) is 48.5 Å². The standard InChI is InChI=1S/C14H9N4/c1-3-7-11-9(5-1)13(17-15-11)14-10-6-2-4-8-12(10)16-18-14/h1-5,7-8H,(H,15,17)(H,16,18). The van der Waals surface area contributed by atoms with E-state index in [0.717, 1.165) is 33.2 Å². The third-order valence-corrected chi connectivity index (χ3v) is 3.08. The van der Waals surface area contributed by atoms with Crippen LogP contribution in [0.25, 0.3) is 33.2 Å². The molecule has 0 saturated carbocycles. The maximum absolute atomic E-state index is 4.36. The van der Waals surface area contributed by atoms with Crippen LogP contribution in [0, 0.1) is 6.07 Å². The molecule has 0 bridgehead atoms. The van der Waals surface area contributed by atoms with E-state index in [1.807, 2.05) is 42.5 Å². The summed E-state index contributed by atoms with van der Waals surface area (Å²) in [5.74, 6) is 0. The Labute approximate surface area is 103 Å². The molecule has 18 heavy (non-hydrogen) atoms. The van der Waals surface area contributed by atoms with Crippen molar-refractivity contribution in [1.29, 1.82) is 0 Å². The Morgan fingerprint density at radius 3 is 2.61 bits per heavy atom. The summed E-state index contributed by atoms with van der Waals surface area (Å²) in [5.41, 5.74) is 3.68. The summed E-state index contributed by atoms with van der Waals surface area (Å²) in [6, 6.07) is 17.0. The van der Waals surface area contributed by atoms with Crippen molar-refractivity contribution in [2.24, 2.45) is 0 Å². The molecule has 0 atom stereocenters. The molecule has 0 aliphatic rings. The van der Waals surface area contributed by atoms with Crippen LogP contribution in [0.15, 0.2) is 42.5 Å². The maximum Gasteiger partial charge on any atom is 0.121 e. The van der Waals surface area contributed by atoms with Gasteiger partial charge in [-0.05, 0) is 18.2 Å². The highest BCUT2D eigenvalue weighted by Gasteiger charge is 2.13. The van der Waals surface area contributed by atoms with Crippen molar-refractivity contribution >= 4 is 21.8 Å². The highest BCUT2D eigenvalue weighted by Crippen LogP contribution is 2.29. The van der Waals surface area contributed by atoms with Crippen molar-refractivity contribution in [3.63, 3.8) is 0 Å². The third-order valence-electron chi connectivity index (χ3n) is 3.08. The summed E-state index contributed by atoms with van der Waals surface area (Å²) in [6.45, 7) is 0. The minimum Gasteiger partial charge on any atom is -0.277 e. The third kappa shape index (κ3) is 1.20. The molecule has 0 unspecified atom stereocenters. The average Bonchev–Trinajstić information content (AvgIpc) is 3.01. The van der Waals surface area contributed by atoms with Gasteiger partial charge in [-0.2, -0.15) is 10.2 Å². The predicted octanol–water partition coefficient (Wildman–Crippen LogP) is 2.91. The summed E-state index contributed by atoms with van der Waals surface area (Å²) >= 11 is 0. The molecule has 0 saturated heterocycles. The van der Waals surface area contributed by atoms with Gasteiger partial charge in [-0.25, -0.2) is 0 Å². The first-order valence-corrected chi connectivity index (χ1v) is 5.72. The number of hydrogen-bond donors (Lipinski definition) is 2. The molecule has 0 spiro atoms. The highest BCUT2D eigenvalue weighted by molar-refractivity contribution is 6.00. The van der Waals surface area contributed by atoms with Gasteiger partial charge in [0.25, 0.3) is 0 Å². The van der Waals surface area contributed by atoms with E-state index in [2.05, 4.69) is 26.5 Å². The molecule has 2 heterocycles. The van der Waals surface area contributed by atoms with Gasteiger partial charge in [0, 0.05) is 10.8 Å². The number of fused-ring (bicyclic) bond motifs is 2. The van der Waals surface area contributed by atoms with Crippen LogP contribution in [0.4, 0.5) is 0 Å². The summed E-state index contributed by atoms with van der Waals surface area (Å²) in [5, 5.41) is 16.8. The largest absolute Gasteiger partial charge is 0.277 e. The second-order valence-electron chi connectivity index (χ2n) is 4.15. The Kier molecular flexibility index (Phi) is 1.80. The van der Waals surface area contributed by atoms with Crippen molar-refractivity contribution in [1.82, 2.24) is 20.4 Å². The fourth-order valence-corrected chi connectivity index (χ4v) is 2.21. The Morgan fingerprint density at radius 1 is 0.833 bits per heavy atom. The normalized spacial score (nSPS) is 11.3. The first kappa shape index (κ1) is 9.41. The van der Waals surface area contributed by atoms with E-state index in [1.165, 1.54) is 0 Å². The van der Waals surface area contributed by atoms with Gasteiger partial charge >= 0.3 is 0 Å². The number of nitrogens with zero attached hydrogens (tertiary/aromatic N) is 2. The molecule has 4 rings (SSSR count). The number of aromatic nitrogens is 4.